The van der Waals surface area contributed by atoms with Gasteiger partial charge in [0.05, 0.1) is 30.1 Å². The number of nitrogens with one attached hydrogen (secondary N) is 3. The Kier molecular flexibility index (Phi) is 11.6. The first-order valence-electron chi connectivity index (χ1n) is 13.5. The lowest BCUT2D eigenvalue weighted by Gasteiger charge is -2.34. The molecule has 0 radical (unpaired) electrons. The molecule has 3 N–H and O–H groups in total. The summed E-state index contributed by atoms with van der Waals surface area (Å²) in [4.78, 5) is 37.3. The number of anilines is 3. The molecule has 0 aliphatic heterocycles. The highest BCUT2D eigenvalue weighted by molar-refractivity contribution is 5.92. The van der Waals surface area contributed by atoms with Gasteiger partial charge in [-0.25, -0.2) is 4.98 Å². The zero-order valence-electron chi connectivity index (χ0n) is 23.9. The van der Waals surface area contributed by atoms with Gasteiger partial charge in [0, 0.05) is 43.9 Å². The lowest BCUT2D eigenvalue weighted by Crippen LogP contribution is -2.51. The molecule has 1 aliphatic rings. The van der Waals surface area contributed by atoms with Crippen molar-refractivity contribution in [3.05, 3.63) is 53.7 Å². The number of alkyl halides is 1. The predicted octanol–water partition coefficient (Wildman–Crippen LogP) is 3.07. The van der Waals surface area contributed by atoms with Crippen molar-refractivity contribution < 1.29 is 14.0 Å². The lowest BCUT2D eigenvalue weighted by molar-refractivity contribution is -0.135. The van der Waals surface area contributed by atoms with Crippen molar-refractivity contribution in [2.75, 3.05) is 51.5 Å². The van der Waals surface area contributed by atoms with Gasteiger partial charge >= 0.3 is 0 Å². The number of nitriles is 1. The largest absolute Gasteiger partial charge is 0.369 e. The number of carbonyl (C=O) groups is 2. The number of hydrogen-bond donors (Lipinski definition) is 3. The molecule has 41 heavy (non-hydrogen) atoms. The van der Waals surface area contributed by atoms with Crippen LogP contribution in [0.2, 0.25) is 0 Å². The Morgan fingerprint density at radius 3 is 2.61 bits per heavy atom. The molecule has 216 valence electrons. The van der Waals surface area contributed by atoms with Crippen LogP contribution in [-0.2, 0) is 9.59 Å². The van der Waals surface area contributed by atoms with Crippen LogP contribution < -0.4 is 16.0 Å². The zero-order valence-corrected chi connectivity index (χ0v) is 23.9. The first-order chi connectivity index (χ1) is 19.7. The summed E-state index contributed by atoms with van der Waals surface area (Å²) in [6.45, 7) is 2.31. The van der Waals surface area contributed by atoms with Crippen LogP contribution in [0.4, 0.5) is 21.8 Å². The summed E-state index contributed by atoms with van der Waals surface area (Å²) >= 11 is 0. The molecule has 0 bridgehead atoms. The van der Waals surface area contributed by atoms with Gasteiger partial charge in [0.2, 0.25) is 17.8 Å². The molecule has 1 saturated carbocycles. The van der Waals surface area contributed by atoms with Crippen molar-refractivity contribution in [3.63, 3.8) is 0 Å². The number of likely N-dealkylation sites (N-methyl/N-ethyl adjacent to an activating group) is 2. The van der Waals surface area contributed by atoms with Crippen LogP contribution >= 0.6 is 0 Å². The van der Waals surface area contributed by atoms with Crippen LogP contribution in [0.15, 0.2) is 42.6 Å². The highest BCUT2D eigenvalue weighted by Gasteiger charge is 2.31. The second-order valence-electron chi connectivity index (χ2n) is 10.2. The fraction of sp³-hybridized carbons (Fsp3) is 0.433. The molecular formula is C30H37FN8O2. The molecule has 1 unspecified atom stereocenters. The Bertz CT molecular complexity index is 1320. The minimum atomic E-state index is -0.594. The van der Waals surface area contributed by atoms with Crippen LogP contribution in [-0.4, -0.2) is 84.6 Å². The fourth-order valence-electron chi connectivity index (χ4n) is 3.90. The van der Waals surface area contributed by atoms with Crippen molar-refractivity contribution in [3.8, 4) is 17.9 Å². The SMILES string of the molecule is CC(C(=O)NC1CC(C#Cc2cnc(Nc3ccc(C#N)cc3)nc2NCCCF)C1)N(C)C(=O)C=CCN(C)C. The number of aromatic nitrogens is 2. The predicted molar refractivity (Wildman–Crippen MR) is 157 cm³/mol. The van der Waals surface area contributed by atoms with Gasteiger partial charge in [0.25, 0.3) is 0 Å². The second kappa shape index (κ2) is 15.3. The standard InChI is InChI=1S/C30H37FN8O2/c1-21(39(4)27(40)7-5-16-38(2)3)29(41)35-26-17-23(18-26)8-11-24-20-34-30(37-28(24)33-15-6-14-31)36-25-12-9-22(19-32)10-13-25/h5,7,9-10,12-13,20-21,23,26H,6,14-18H2,1-4H3,(H,35,41)(H2,33,34,36,37). The molecule has 3 rings (SSSR count). The molecule has 1 atom stereocenters. The number of nitrogens with zero attached hydrogens (tertiary/aromatic N) is 5. The van der Waals surface area contributed by atoms with E-state index in [4.69, 9.17) is 5.26 Å². The van der Waals surface area contributed by atoms with Gasteiger partial charge < -0.3 is 25.8 Å². The van der Waals surface area contributed by atoms with E-state index in [0.717, 1.165) is 5.69 Å². The topological polar surface area (TPSA) is 126 Å². The molecule has 0 spiro atoms. The zero-order chi connectivity index (χ0) is 29.8. The lowest BCUT2D eigenvalue weighted by atomic mass is 9.80. The maximum atomic E-state index is 12.7. The molecule has 2 amide bonds. The molecule has 1 fully saturated rings. The third kappa shape index (κ3) is 9.59. The highest BCUT2D eigenvalue weighted by Crippen LogP contribution is 2.27. The number of amides is 2. The first-order valence-corrected chi connectivity index (χ1v) is 13.5. The Morgan fingerprint density at radius 1 is 1.22 bits per heavy atom. The van der Waals surface area contributed by atoms with Gasteiger partial charge in [-0.1, -0.05) is 17.9 Å². The van der Waals surface area contributed by atoms with E-state index in [9.17, 15) is 14.0 Å². The van der Waals surface area contributed by atoms with E-state index >= 15 is 0 Å². The van der Waals surface area contributed by atoms with E-state index in [1.165, 1.54) is 11.0 Å². The summed E-state index contributed by atoms with van der Waals surface area (Å²) in [6, 6.07) is 8.39. The minimum absolute atomic E-state index is 0.00516. The highest BCUT2D eigenvalue weighted by atomic mass is 19.1. The van der Waals surface area contributed by atoms with E-state index in [0.29, 0.717) is 55.2 Å². The molecular weight excluding hydrogens is 523 g/mol. The van der Waals surface area contributed by atoms with E-state index < -0.39 is 12.7 Å². The number of halogens is 1. The van der Waals surface area contributed by atoms with E-state index in [-0.39, 0.29) is 23.8 Å². The third-order valence-corrected chi connectivity index (χ3v) is 6.60. The van der Waals surface area contributed by atoms with Crippen molar-refractivity contribution in [1.82, 2.24) is 25.1 Å². The van der Waals surface area contributed by atoms with Crippen LogP contribution in [0.1, 0.15) is 37.3 Å². The quantitative estimate of drug-likeness (QED) is 0.205. The van der Waals surface area contributed by atoms with Crippen molar-refractivity contribution in [2.45, 2.75) is 38.3 Å². The van der Waals surface area contributed by atoms with Crippen LogP contribution in [0.3, 0.4) is 0 Å². The summed E-state index contributed by atoms with van der Waals surface area (Å²) in [5.41, 5.74) is 1.87. The molecule has 0 saturated heterocycles. The summed E-state index contributed by atoms with van der Waals surface area (Å²) in [7, 11) is 5.45. The molecule has 1 aliphatic carbocycles. The van der Waals surface area contributed by atoms with E-state index in [1.54, 1.807) is 50.5 Å². The average Bonchev–Trinajstić information content (AvgIpc) is 2.94. The number of hydrogen-bond acceptors (Lipinski definition) is 8. The van der Waals surface area contributed by atoms with Gasteiger partial charge in [-0.05, 0) is 64.5 Å². The summed E-state index contributed by atoms with van der Waals surface area (Å²) in [5.74, 6) is 6.89. The normalized spacial score (nSPS) is 16.6. The molecule has 1 aromatic carbocycles. The maximum Gasteiger partial charge on any atom is 0.246 e. The van der Waals surface area contributed by atoms with Gasteiger partial charge in [0.15, 0.2) is 0 Å². The average molecular weight is 561 g/mol. The van der Waals surface area contributed by atoms with Gasteiger partial charge in [-0.3, -0.25) is 14.0 Å². The summed E-state index contributed by atoms with van der Waals surface area (Å²) in [5, 5.41) is 18.2. The van der Waals surface area contributed by atoms with Crippen LogP contribution in [0, 0.1) is 29.1 Å². The van der Waals surface area contributed by atoms with Crippen LogP contribution in [0.25, 0.3) is 0 Å². The Hall–Kier alpha value is -4.48. The Morgan fingerprint density at radius 2 is 1.95 bits per heavy atom. The Balaban J connectivity index is 1.56. The van der Waals surface area contributed by atoms with Crippen molar-refractivity contribution in [2.24, 2.45) is 5.92 Å². The first kappa shape index (κ1) is 31.1. The number of benzene rings is 1. The van der Waals surface area contributed by atoms with E-state index in [2.05, 4.69) is 43.8 Å². The second-order valence-corrected chi connectivity index (χ2v) is 10.2. The van der Waals surface area contributed by atoms with Gasteiger partial charge in [0.1, 0.15) is 11.9 Å². The summed E-state index contributed by atoms with van der Waals surface area (Å²) in [6.07, 6.45) is 6.61. The smallest absolute Gasteiger partial charge is 0.246 e. The maximum absolute atomic E-state index is 12.7. The van der Waals surface area contributed by atoms with Crippen molar-refractivity contribution >= 4 is 29.3 Å². The van der Waals surface area contributed by atoms with Crippen molar-refractivity contribution in [1.29, 1.82) is 5.26 Å². The molecule has 11 heteroatoms. The molecule has 1 heterocycles. The third-order valence-electron chi connectivity index (χ3n) is 6.60. The summed E-state index contributed by atoms with van der Waals surface area (Å²) < 4.78 is 12.7. The number of rotatable bonds is 12. The minimum Gasteiger partial charge on any atom is -0.369 e. The van der Waals surface area contributed by atoms with Gasteiger partial charge in [-0.15, -0.1) is 0 Å². The molecule has 10 nitrogen and oxygen atoms in total. The monoisotopic (exact) mass is 560 g/mol. The Labute approximate surface area is 241 Å². The van der Waals surface area contributed by atoms with Gasteiger partial charge in [-0.2, -0.15) is 10.2 Å². The van der Waals surface area contributed by atoms with Crippen LogP contribution in [0.5, 0.6) is 0 Å². The molecule has 1 aromatic heterocycles. The number of carbonyl (C=O) groups excluding carboxylic acids is 2. The fourth-order valence-corrected chi connectivity index (χ4v) is 3.90. The molecule has 2 aromatic rings. The van der Waals surface area contributed by atoms with E-state index in [1.807, 2.05) is 19.0 Å².